The summed E-state index contributed by atoms with van der Waals surface area (Å²) in [4.78, 5) is 2.36. The second-order valence-electron chi connectivity index (χ2n) is 5.23. The van der Waals surface area contributed by atoms with Crippen molar-refractivity contribution < 1.29 is 5.11 Å². The van der Waals surface area contributed by atoms with E-state index in [4.69, 9.17) is 0 Å². The Kier molecular flexibility index (Phi) is 3.25. The molecule has 4 heteroatoms. The molecule has 2 heterocycles. The van der Waals surface area contributed by atoms with Gasteiger partial charge in [0, 0.05) is 12.2 Å². The lowest BCUT2D eigenvalue weighted by atomic mass is 10.1. The second-order valence-corrected chi connectivity index (χ2v) is 5.23. The van der Waals surface area contributed by atoms with Crippen molar-refractivity contribution in [3.05, 3.63) is 36.5 Å². The van der Waals surface area contributed by atoms with E-state index in [-0.39, 0.29) is 5.88 Å². The number of benzene rings is 1. The van der Waals surface area contributed by atoms with Crippen LogP contribution < -0.4 is 0 Å². The molecule has 1 aromatic carbocycles. The fraction of sp³-hybridized carbons (Fsp3) is 0.400. The molecule has 0 aliphatic carbocycles. The van der Waals surface area contributed by atoms with E-state index in [1.807, 2.05) is 41.2 Å². The first-order valence-corrected chi connectivity index (χ1v) is 6.76. The highest BCUT2D eigenvalue weighted by Gasteiger charge is 2.22. The van der Waals surface area contributed by atoms with Crippen LogP contribution in [0.15, 0.2) is 36.5 Å². The van der Waals surface area contributed by atoms with Crippen LogP contribution in [0.1, 0.15) is 12.8 Å². The van der Waals surface area contributed by atoms with Crippen LogP contribution in [0.25, 0.3) is 11.1 Å². The number of hydrogen-bond acceptors (Lipinski definition) is 3. The van der Waals surface area contributed by atoms with E-state index >= 15 is 0 Å². The topological polar surface area (TPSA) is 41.3 Å². The standard InChI is InChI=1S/C15H19N3O/c1-17-9-5-8-13(17)10-18-11-14(15(19)16-18)12-6-3-2-4-7-12/h2-4,6-7,11,13H,5,8-10H2,1H3,(H,16,19). The van der Waals surface area contributed by atoms with Crippen LogP contribution in [0.2, 0.25) is 0 Å². The molecule has 3 rings (SSSR count). The average molecular weight is 257 g/mol. The van der Waals surface area contributed by atoms with Crippen molar-refractivity contribution in [2.75, 3.05) is 13.6 Å². The molecule has 1 unspecified atom stereocenters. The number of likely N-dealkylation sites (tertiary alicyclic amines) is 1. The van der Waals surface area contributed by atoms with E-state index in [0.29, 0.717) is 6.04 Å². The summed E-state index contributed by atoms with van der Waals surface area (Å²) in [5.41, 5.74) is 1.81. The van der Waals surface area contributed by atoms with E-state index < -0.39 is 0 Å². The van der Waals surface area contributed by atoms with Gasteiger partial charge in [-0.2, -0.15) is 0 Å². The van der Waals surface area contributed by atoms with Gasteiger partial charge in [0.25, 0.3) is 0 Å². The summed E-state index contributed by atoms with van der Waals surface area (Å²) in [6.07, 6.45) is 4.40. The summed E-state index contributed by atoms with van der Waals surface area (Å²) >= 11 is 0. The Hall–Kier alpha value is -1.81. The van der Waals surface area contributed by atoms with Crippen molar-refractivity contribution in [3.8, 4) is 17.0 Å². The summed E-state index contributed by atoms with van der Waals surface area (Å²) in [6.45, 7) is 2.00. The normalized spacial score (nSPS) is 19.9. The molecule has 0 bridgehead atoms. The van der Waals surface area contributed by atoms with Gasteiger partial charge in [0.15, 0.2) is 0 Å². The van der Waals surface area contributed by atoms with Gasteiger partial charge in [-0.25, -0.2) is 0 Å². The number of hydrogen-bond donors (Lipinski definition) is 1. The Morgan fingerprint density at radius 1 is 1.32 bits per heavy atom. The van der Waals surface area contributed by atoms with Crippen LogP contribution >= 0.6 is 0 Å². The second kappa shape index (κ2) is 5.05. The first-order chi connectivity index (χ1) is 9.24. The number of likely N-dealkylation sites (N-methyl/N-ethyl adjacent to an activating group) is 1. The zero-order valence-corrected chi connectivity index (χ0v) is 11.2. The Morgan fingerprint density at radius 3 is 2.79 bits per heavy atom. The molecule has 4 nitrogen and oxygen atoms in total. The number of nitrogens with zero attached hydrogens (tertiary/aromatic N) is 3. The predicted octanol–water partition coefficient (Wildman–Crippen LogP) is 2.35. The third-order valence-corrected chi connectivity index (χ3v) is 3.90. The van der Waals surface area contributed by atoms with Gasteiger partial charge in [-0.15, -0.1) is 5.10 Å². The van der Waals surface area contributed by atoms with Gasteiger partial charge >= 0.3 is 0 Å². The summed E-state index contributed by atoms with van der Waals surface area (Å²) < 4.78 is 1.87. The van der Waals surface area contributed by atoms with Gasteiger partial charge in [-0.3, -0.25) is 4.68 Å². The minimum atomic E-state index is 0.117. The van der Waals surface area contributed by atoms with Crippen molar-refractivity contribution in [1.29, 1.82) is 0 Å². The molecule has 100 valence electrons. The molecular weight excluding hydrogens is 238 g/mol. The molecule has 0 spiro atoms. The summed E-state index contributed by atoms with van der Waals surface area (Å²) in [5.74, 6) is 0.117. The van der Waals surface area contributed by atoms with Gasteiger partial charge in [-0.1, -0.05) is 30.3 Å². The van der Waals surface area contributed by atoms with Crippen molar-refractivity contribution in [2.24, 2.45) is 0 Å². The molecule has 1 aliphatic rings. The van der Waals surface area contributed by atoms with Crippen LogP contribution in [0.5, 0.6) is 5.88 Å². The highest BCUT2D eigenvalue weighted by atomic mass is 16.3. The molecule has 0 amide bonds. The molecular formula is C15H19N3O. The zero-order valence-electron chi connectivity index (χ0n) is 11.2. The summed E-state index contributed by atoms with van der Waals surface area (Å²) in [7, 11) is 2.15. The fourth-order valence-corrected chi connectivity index (χ4v) is 2.75. The molecule has 2 aromatic rings. The molecule has 1 fully saturated rings. The van der Waals surface area contributed by atoms with Crippen molar-refractivity contribution in [2.45, 2.75) is 25.4 Å². The maximum Gasteiger partial charge on any atom is 0.238 e. The monoisotopic (exact) mass is 257 g/mol. The third-order valence-electron chi connectivity index (χ3n) is 3.90. The summed E-state index contributed by atoms with van der Waals surface area (Å²) in [6, 6.07) is 10.4. The smallest absolute Gasteiger partial charge is 0.238 e. The molecule has 19 heavy (non-hydrogen) atoms. The number of aromatic nitrogens is 2. The minimum Gasteiger partial charge on any atom is -0.492 e. The minimum absolute atomic E-state index is 0.117. The SMILES string of the molecule is CN1CCCC1Cn1cc(-c2ccccc2)c(O)n1. The van der Waals surface area contributed by atoms with Gasteiger partial charge in [0.2, 0.25) is 5.88 Å². The van der Waals surface area contributed by atoms with E-state index in [2.05, 4.69) is 17.0 Å². The number of rotatable bonds is 3. The van der Waals surface area contributed by atoms with E-state index in [9.17, 15) is 5.11 Å². The van der Waals surface area contributed by atoms with Crippen LogP contribution in [0.3, 0.4) is 0 Å². The fourth-order valence-electron chi connectivity index (χ4n) is 2.75. The van der Waals surface area contributed by atoms with Gasteiger partial charge in [0.1, 0.15) is 0 Å². The Bertz CT molecular complexity index is 550. The van der Waals surface area contributed by atoms with Crippen LogP contribution in [-0.2, 0) is 6.54 Å². The van der Waals surface area contributed by atoms with E-state index in [0.717, 1.165) is 24.2 Å². The largest absolute Gasteiger partial charge is 0.492 e. The number of aromatic hydroxyl groups is 1. The Morgan fingerprint density at radius 2 is 2.11 bits per heavy atom. The lowest BCUT2D eigenvalue weighted by Gasteiger charge is -2.18. The maximum absolute atomic E-state index is 9.98. The third kappa shape index (κ3) is 2.49. The molecule has 0 saturated carbocycles. The van der Waals surface area contributed by atoms with E-state index in [1.165, 1.54) is 12.8 Å². The lowest BCUT2D eigenvalue weighted by molar-refractivity contribution is 0.272. The molecule has 1 N–H and O–H groups in total. The average Bonchev–Trinajstić information content (AvgIpc) is 2.98. The molecule has 1 saturated heterocycles. The van der Waals surface area contributed by atoms with Crippen molar-refractivity contribution in [1.82, 2.24) is 14.7 Å². The van der Waals surface area contributed by atoms with Crippen LogP contribution in [-0.4, -0.2) is 39.4 Å². The quantitative estimate of drug-likeness (QED) is 0.917. The van der Waals surface area contributed by atoms with Crippen molar-refractivity contribution >= 4 is 0 Å². The first kappa shape index (κ1) is 12.2. The molecule has 0 radical (unpaired) electrons. The van der Waals surface area contributed by atoms with Gasteiger partial charge in [0.05, 0.1) is 12.1 Å². The highest BCUT2D eigenvalue weighted by Crippen LogP contribution is 2.28. The molecule has 1 aromatic heterocycles. The summed E-state index contributed by atoms with van der Waals surface area (Å²) in [5, 5.41) is 14.2. The Labute approximate surface area is 113 Å². The van der Waals surface area contributed by atoms with Crippen molar-refractivity contribution in [3.63, 3.8) is 0 Å². The lowest BCUT2D eigenvalue weighted by Crippen LogP contribution is -2.29. The van der Waals surface area contributed by atoms with Crippen LogP contribution in [0.4, 0.5) is 0 Å². The first-order valence-electron chi connectivity index (χ1n) is 6.76. The van der Waals surface area contributed by atoms with E-state index in [1.54, 1.807) is 0 Å². The molecule has 1 aliphatic heterocycles. The van der Waals surface area contributed by atoms with Crippen LogP contribution in [0, 0.1) is 0 Å². The Balaban J connectivity index is 1.81. The van der Waals surface area contributed by atoms with Gasteiger partial charge in [-0.05, 0) is 32.0 Å². The predicted molar refractivity (Wildman–Crippen MR) is 75.0 cm³/mol. The maximum atomic E-state index is 9.98. The van der Waals surface area contributed by atoms with Gasteiger partial charge < -0.3 is 10.0 Å². The highest BCUT2D eigenvalue weighted by molar-refractivity contribution is 5.67. The molecule has 1 atom stereocenters. The zero-order chi connectivity index (χ0) is 13.2.